The van der Waals surface area contributed by atoms with Gasteiger partial charge in [0.15, 0.2) is 22.1 Å². The summed E-state index contributed by atoms with van der Waals surface area (Å²) in [5.41, 5.74) is 11.6. The van der Waals surface area contributed by atoms with E-state index < -0.39 is 12.7 Å². The topological polar surface area (TPSA) is 197 Å². The molecule has 16 nitrogen and oxygen atoms in total. The molecule has 0 unspecified atom stereocenters. The molecular weight excluding hydrogens is 942 g/mol. The van der Waals surface area contributed by atoms with Gasteiger partial charge in [-0.1, -0.05) is 59.9 Å². The number of fused-ring (bicyclic) bond motifs is 2. The lowest BCUT2D eigenvalue weighted by Crippen LogP contribution is -2.43. The van der Waals surface area contributed by atoms with Crippen molar-refractivity contribution in [3.8, 4) is 23.7 Å². The number of nitrogens with zero attached hydrogens (tertiary/aromatic N) is 7. The van der Waals surface area contributed by atoms with E-state index in [1.165, 1.54) is 4.57 Å². The molecule has 0 bridgehead atoms. The minimum atomic E-state index is -4.41. The molecule has 5 heterocycles. The molecule has 8 N–H and O–H groups in total. The summed E-state index contributed by atoms with van der Waals surface area (Å²) in [6, 6.07) is 22.2. The van der Waals surface area contributed by atoms with Gasteiger partial charge in [-0.25, -0.2) is 14.6 Å². The van der Waals surface area contributed by atoms with Crippen LogP contribution in [0.3, 0.4) is 0 Å². The number of nitrogens with one attached hydrogen (secondary N) is 6. The van der Waals surface area contributed by atoms with Crippen molar-refractivity contribution in [3.05, 3.63) is 95.2 Å². The third kappa shape index (κ3) is 14.2. The number of hydrogen-bond acceptors (Lipinski definition) is 13. The number of nitrogens with two attached hydrogens (primary N) is 1. The van der Waals surface area contributed by atoms with Crippen molar-refractivity contribution in [2.24, 2.45) is 11.7 Å². The third-order valence-corrected chi connectivity index (χ3v) is 13.5. The number of rotatable bonds is 19. The van der Waals surface area contributed by atoms with Gasteiger partial charge < -0.3 is 47.1 Å². The number of halogens is 3. The molecule has 2 aliphatic heterocycles. The summed E-state index contributed by atoms with van der Waals surface area (Å²) in [7, 11) is 0. The van der Waals surface area contributed by atoms with Gasteiger partial charge in [0.05, 0.1) is 30.8 Å². The van der Waals surface area contributed by atoms with E-state index in [0.717, 1.165) is 86.5 Å². The Balaban J connectivity index is 0.733. The van der Waals surface area contributed by atoms with E-state index in [2.05, 4.69) is 82.7 Å². The van der Waals surface area contributed by atoms with Crippen LogP contribution in [-0.2, 0) is 17.9 Å². The van der Waals surface area contributed by atoms with Gasteiger partial charge in [-0.05, 0) is 124 Å². The van der Waals surface area contributed by atoms with Crippen molar-refractivity contribution in [3.63, 3.8) is 0 Å². The van der Waals surface area contributed by atoms with Crippen molar-refractivity contribution in [1.29, 1.82) is 0 Å². The molecule has 3 aromatic carbocycles. The van der Waals surface area contributed by atoms with E-state index in [4.69, 9.17) is 10.7 Å². The second-order valence-electron chi connectivity index (χ2n) is 17.8. The molecule has 6 aromatic rings. The second kappa shape index (κ2) is 25.0. The highest BCUT2D eigenvalue weighted by molar-refractivity contribution is 7.99. The largest absolute Gasteiger partial charge is 0.406 e. The number of benzene rings is 3. The second-order valence-corrected chi connectivity index (χ2v) is 18.9. The van der Waals surface area contributed by atoms with Gasteiger partial charge in [0.25, 0.3) is 5.91 Å². The van der Waals surface area contributed by atoms with E-state index in [1.54, 1.807) is 58.9 Å². The van der Waals surface area contributed by atoms with Crippen LogP contribution in [0.25, 0.3) is 22.1 Å². The Hall–Kier alpha value is -6.84. The first kappa shape index (κ1) is 51.5. The van der Waals surface area contributed by atoms with Crippen LogP contribution in [-0.4, -0.2) is 130 Å². The number of amides is 2. The fourth-order valence-corrected chi connectivity index (χ4v) is 9.41. The molecule has 2 saturated heterocycles. The fraction of sp³-hybridized carbons (Fsp3) is 0.423. The molecule has 20 heteroatoms. The summed E-state index contributed by atoms with van der Waals surface area (Å²) in [5.74, 6) is 13.4. The maximum absolute atomic E-state index is 13.7. The number of likely N-dealkylation sites (tertiary alicyclic amines) is 1. The zero-order valence-electron chi connectivity index (χ0n) is 40.4. The van der Waals surface area contributed by atoms with Crippen LogP contribution < -0.4 is 37.6 Å². The maximum atomic E-state index is 13.7. The highest BCUT2D eigenvalue weighted by atomic mass is 32.2. The summed E-state index contributed by atoms with van der Waals surface area (Å²) < 4.78 is 44.1. The Bertz CT molecular complexity index is 2900. The Kier molecular flexibility index (Phi) is 17.9. The standard InChI is InChI=1S/C52H61F3N14O2S/c1-2-32-72-51-63-47(59-27-22-56)46-48(64-51)69(66-65-46)34-37-12-10-36(11-13-37)6-4-24-60-50(71)39-20-29-67(30-21-39)31-28-61-49(70)38-14-16-40(17-15-38)58-23-5-7-42-33-43-44(62-41-18-25-57-26-19-41)8-3-9-45(43)68(42)35-52(53,54)55/h3,8-17,33,39,41,57-58,62H,2,18-32,34-35,56H2,1H3,(H,60,71)(H,61,70)(H,59,63,64). The molecule has 0 saturated carbocycles. The van der Waals surface area contributed by atoms with Crippen molar-refractivity contribution < 1.29 is 22.8 Å². The van der Waals surface area contributed by atoms with Gasteiger partial charge in [-0.15, -0.1) is 5.10 Å². The van der Waals surface area contributed by atoms with E-state index in [-0.39, 0.29) is 42.6 Å². The monoisotopic (exact) mass is 1000 g/mol. The molecule has 72 heavy (non-hydrogen) atoms. The average molecular weight is 1000 g/mol. The molecule has 0 atom stereocenters. The van der Waals surface area contributed by atoms with Crippen LogP contribution in [0, 0.1) is 29.6 Å². The van der Waals surface area contributed by atoms with Crippen LogP contribution in [0.15, 0.2) is 78.0 Å². The minimum Gasteiger partial charge on any atom is -0.382 e. The zero-order valence-corrected chi connectivity index (χ0v) is 41.2. The first-order chi connectivity index (χ1) is 35.0. The maximum Gasteiger partial charge on any atom is 0.406 e. The van der Waals surface area contributed by atoms with Crippen LogP contribution in [0.5, 0.6) is 0 Å². The molecule has 378 valence electrons. The van der Waals surface area contributed by atoms with Crippen LogP contribution in [0.4, 0.5) is 30.4 Å². The zero-order chi connectivity index (χ0) is 50.3. The Morgan fingerprint density at radius 2 is 1.68 bits per heavy atom. The van der Waals surface area contributed by atoms with Gasteiger partial charge in [-0.2, -0.15) is 13.2 Å². The van der Waals surface area contributed by atoms with Gasteiger partial charge in [0.2, 0.25) is 5.91 Å². The molecule has 0 radical (unpaired) electrons. The van der Waals surface area contributed by atoms with E-state index in [0.29, 0.717) is 71.3 Å². The van der Waals surface area contributed by atoms with Gasteiger partial charge in [0.1, 0.15) is 6.54 Å². The Labute approximate surface area is 421 Å². The number of alkyl halides is 3. The fourth-order valence-electron chi connectivity index (χ4n) is 8.72. The predicted molar refractivity (Wildman–Crippen MR) is 278 cm³/mol. The molecular formula is C52H61F3N14O2S. The first-order valence-electron chi connectivity index (χ1n) is 24.6. The van der Waals surface area contributed by atoms with E-state index >= 15 is 0 Å². The number of carbonyl (C=O) groups is 2. The summed E-state index contributed by atoms with van der Waals surface area (Å²) in [4.78, 5) is 37.5. The predicted octanol–water partition coefficient (Wildman–Crippen LogP) is 5.90. The molecule has 3 aromatic heterocycles. The molecule has 2 fully saturated rings. The van der Waals surface area contributed by atoms with Crippen LogP contribution >= 0.6 is 11.8 Å². The lowest BCUT2D eigenvalue weighted by molar-refractivity contribution is -0.140. The molecule has 2 amide bonds. The molecule has 0 aliphatic carbocycles. The number of carbonyl (C=O) groups excluding carboxylic acids is 2. The molecule has 8 rings (SSSR count). The summed E-state index contributed by atoms with van der Waals surface area (Å²) in [6.45, 7) is 7.34. The van der Waals surface area contributed by atoms with Crippen molar-refractivity contribution in [1.82, 2.24) is 50.4 Å². The SMILES string of the molecule is CCCSc1nc(NCCN)c2nnn(Cc3ccc(C#CCNC(=O)C4CCN(CCNC(=O)c5ccc(NCC#Cc6cc7c(NC8CCNCC8)cccc7n6CC(F)(F)F)cc5)CC4)cc3)c2n1. The third-order valence-electron chi connectivity index (χ3n) is 12.5. The van der Waals surface area contributed by atoms with Crippen molar-refractivity contribution >= 4 is 62.8 Å². The van der Waals surface area contributed by atoms with Gasteiger partial charge in [-0.3, -0.25) is 9.59 Å². The minimum absolute atomic E-state index is 0.00152. The van der Waals surface area contributed by atoms with Gasteiger partial charge in [0, 0.05) is 71.8 Å². The molecule has 2 aliphatic rings. The van der Waals surface area contributed by atoms with Gasteiger partial charge >= 0.3 is 6.18 Å². The Morgan fingerprint density at radius 3 is 2.43 bits per heavy atom. The van der Waals surface area contributed by atoms with E-state index in [1.807, 2.05) is 30.3 Å². The summed E-state index contributed by atoms with van der Waals surface area (Å²) in [6.07, 6.45) is -0.0914. The molecule has 0 spiro atoms. The van der Waals surface area contributed by atoms with Crippen LogP contribution in [0.2, 0.25) is 0 Å². The number of piperidine rings is 2. The lowest BCUT2D eigenvalue weighted by Gasteiger charge is -2.31. The van der Waals surface area contributed by atoms with Crippen molar-refractivity contribution in [2.45, 2.75) is 69.5 Å². The van der Waals surface area contributed by atoms with Crippen molar-refractivity contribution in [2.75, 3.05) is 87.2 Å². The number of thioether (sulfide) groups is 1. The van der Waals surface area contributed by atoms with Crippen LogP contribution in [0.1, 0.15) is 66.2 Å². The van der Waals surface area contributed by atoms with E-state index in [9.17, 15) is 22.8 Å². The quantitative estimate of drug-likeness (QED) is 0.0288. The number of aromatic nitrogens is 6. The first-order valence-corrected chi connectivity index (χ1v) is 25.5. The highest BCUT2D eigenvalue weighted by Gasteiger charge is 2.30. The number of anilines is 3. The summed E-state index contributed by atoms with van der Waals surface area (Å²) in [5, 5.41) is 29.3. The number of hydrogen-bond donors (Lipinski definition) is 7. The average Bonchev–Trinajstić information content (AvgIpc) is 3.96. The normalized spacial score (nSPS) is 14.6. The highest BCUT2D eigenvalue weighted by Crippen LogP contribution is 2.31. The summed E-state index contributed by atoms with van der Waals surface area (Å²) >= 11 is 1.59. The smallest absolute Gasteiger partial charge is 0.382 e. The lowest BCUT2D eigenvalue weighted by atomic mass is 9.96. The Morgan fingerprint density at radius 1 is 0.903 bits per heavy atom.